The van der Waals surface area contributed by atoms with E-state index in [1.165, 1.54) is 30.2 Å². The number of anilines is 1. The zero-order chi connectivity index (χ0) is 17.7. The molecule has 0 saturated carbocycles. The number of aromatic nitrogens is 3. The minimum absolute atomic E-state index is 0.154. The Kier molecular flexibility index (Phi) is 6.27. The van der Waals surface area contributed by atoms with Crippen LogP contribution in [-0.2, 0) is 20.7 Å². The molecule has 0 unspecified atom stereocenters. The summed E-state index contributed by atoms with van der Waals surface area (Å²) in [5.41, 5.74) is 2.45. The molecule has 0 saturated heterocycles. The van der Waals surface area contributed by atoms with E-state index in [4.69, 9.17) is 0 Å². The Morgan fingerprint density at radius 3 is 2.50 bits per heavy atom. The van der Waals surface area contributed by atoms with Crippen LogP contribution in [0.1, 0.15) is 22.0 Å². The Bertz CT molecular complexity index is 741. The monoisotopic (exact) mass is 366 g/mol. The second kappa shape index (κ2) is 8.20. The Hall–Kier alpha value is -2.00. The Labute approximate surface area is 148 Å². The summed E-state index contributed by atoms with van der Waals surface area (Å²) >= 11 is 2.54. The zero-order valence-electron chi connectivity index (χ0n) is 13.9. The third-order valence-corrected chi connectivity index (χ3v) is 4.89. The van der Waals surface area contributed by atoms with Crippen molar-refractivity contribution in [2.75, 3.05) is 18.2 Å². The molecule has 9 heteroatoms. The van der Waals surface area contributed by atoms with Gasteiger partial charge in [-0.2, -0.15) is 0 Å². The number of thiazole rings is 1. The first kappa shape index (κ1) is 18.3. The third kappa shape index (κ3) is 5.27. The highest BCUT2D eigenvalue weighted by molar-refractivity contribution is 7.99. The molecule has 2 aromatic rings. The first-order chi connectivity index (χ1) is 11.4. The second-order valence-corrected chi connectivity index (χ2v) is 7.08. The van der Waals surface area contributed by atoms with Crippen molar-refractivity contribution in [3.63, 3.8) is 0 Å². The SMILES string of the molecule is COC(=O)Cc1sc(NC(=O)CSc2nc(C)cc(C)n2)nc1C. The minimum atomic E-state index is -0.331. The van der Waals surface area contributed by atoms with E-state index in [1.54, 1.807) is 6.92 Å². The standard InChI is InChI=1S/C15H18N4O3S2/c1-8-5-9(2)17-14(16-8)23-7-12(20)19-15-18-10(3)11(24-15)6-13(21)22-4/h5H,6-7H2,1-4H3,(H,18,19,20). The van der Waals surface area contributed by atoms with Gasteiger partial charge < -0.3 is 10.1 Å². The lowest BCUT2D eigenvalue weighted by molar-refractivity contribution is -0.139. The molecule has 0 aromatic carbocycles. The van der Waals surface area contributed by atoms with Gasteiger partial charge in [0.25, 0.3) is 0 Å². The molecule has 0 radical (unpaired) electrons. The van der Waals surface area contributed by atoms with Crippen LogP contribution in [0.5, 0.6) is 0 Å². The van der Waals surface area contributed by atoms with Crippen molar-refractivity contribution in [2.24, 2.45) is 0 Å². The van der Waals surface area contributed by atoms with Gasteiger partial charge >= 0.3 is 5.97 Å². The summed E-state index contributed by atoms with van der Waals surface area (Å²) in [5, 5.41) is 3.78. The van der Waals surface area contributed by atoms with Crippen LogP contribution >= 0.6 is 23.1 Å². The molecule has 0 aliphatic rings. The number of nitrogens with one attached hydrogen (secondary N) is 1. The highest BCUT2D eigenvalue weighted by atomic mass is 32.2. The summed E-state index contributed by atoms with van der Waals surface area (Å²) in [6.45, 7) is 5.57. The van der Waals surface area contributed by atoms with Crippen molar-refractivity contribution in [1.82, 2.24) is 15.0 Å². The van der Waals surface area contributed by atoms with E-state index in [0.717, 1.165) is 16.3 Å². The molecule has 2 heterocycles. The van der Waals surface area contributed by atoms with Gasteiger partial charge in [-0.05, 0) is 26.8 Å². The van der Waals surface area contributed by atoms with E-state index in [9.17, 15) is 9.59 Å². The van der Waals surface area contributed by atoms with Crippen molar-refractivity contribution in [3.8, 4) is 0 Å². The molecule has 24 heavy (non-hydrogen) atoms. The van der Waals surface area contributed by atoms with Crippen molar-refractivity contribution in [1.29, 1.82) is 0 Å². The van der Waals surface area contributed by atoms with E-state index >= 15 is 0 Å². The minimum Gasteiger partial charge on any atom is -0.469 e. The number of hydrogen-bond acceptors (Lipinski definition) is 8. The van der Waals surface area contributed by atoms with Gasteiger partial charge in [0.2, 0.25) is 5.91 Å². The summed E-state index contributed by atoms with van der Waals surface area (Å²) in [7, 11) is 1.34. The summed E-state index contributed by atoms with van der Waals surface area (Å²) in [4.78, 5) is 37.0. The van der Waals surface area contributed by atoms with Crippen LogP contribution in [0.3, 0.4) is 0 Å². The number of aryl methyl sites for hydroxylation is 3. The summed E-state index contributed by atoms with van der Waals surface area (Å²) in [6.07, 6.45) is 0.154. The van der Waals surface area contributed by atoms with E-state index in [0.29, 0.717) is 16.0 Å². The number of carbonyl (C=O) groups excluding carboxylic acids is 2. The molecule has 7 nitrogen and oxygen atoms in total. The van der Waals surface area contributed by atoms with Gasteiger partial charge in [-0.25, -0.2) is 15.0 Å². The smallest absolute Gasteiger partial charge is 0.310 e. The molecular weight excluding hydrogens is 348 g/mol. The molecule has 1 N–H and O–H groups in total. The third-order valence-electron chi connectivity index (χ3n) is 2.97. The highest BCUT2D eigenvalue weighted by Crippen LogP contribution is 2.24. The Morgan fingerprint density at radius 1 is 1.21 bits per heavy atom. The number of ether oxygens (including phenoxy) is 1. The zero-order valence-corrected chi connectivity index (χ0v) is 15.5. The number of nitrogens with zero attached hydrogens (tertiary/aromatic N) is 3. The van der Waals surface area contributed by atoms with E-state index in [-0.39, 0.29) is 24.1 Å². The maximum atomic E-state index is 12.0. The normalized spacial score (nSPS) is 10.5. The number of amides is 1. The predicted octanol–water partition coefficient (Wildman–Crippen LogP) is 2.30. The van der Waals surface area contributed by atoms with Crippen LogP contribution in [-0.4, -0.2) is 39.7 Å². The fraction of sp³-hybridized carbons (Fsp3) is 0.400. The van der Waals surface area contributed by atoms with Crippen molar-refractivity contribution in [3.05, 3.63) is 28.0 Å². The number of methoxy groups -OCH3 is 1. The van der Waals surface area contributed by atoms with Crippen molar-refractivity contribution < 1.29 is 14.3 Å². The molecule has 2 rings (SSSR count). The Morgan fingerprint density at radius 2 is 1.88 bits per heavy atom. The summed E-state index contributed by atoms with van der Waals surface area (Å²) in [5.74, 6) is -0.336. The van der Waals surface area contributed by atoms with E-state index < -0.39 is 0 Å². The van der Waals surface area contributed by atoms with Crippen LogP contribution in [0.25, 0.3) is 0 Å². The molecular formula is C15H18N4O3S2. The maximum absolute atomic E-state index is 12.0. The van der Waals surface area contributed by atoms with Gasteiger partial charge in [-0.1, -0.05) is 11.8 Å². The molecule has 0 spiro atoms. The number of esters is 1. The lowest BCUT2D eigenvalue weighted by Gasteiger charge is -2.03. The fourth-order valence-electron chi connectivity index (χ4n) is 1.89. The molecule has 0 aliphatic carbocycles. The van der Waals surface area contributed by atoms with Crippen molar-refractivity contribution >= 4 is 40.1 Å². The van der Waals surface area contributed by atoms with E-state index in [2.05, 4.69) is 25.0 Å². The van der Waals surface area contributed by atoms with Gasteiger partial charge in [-0.3, -0.25) is 9.59 Å². The Balaban J connectivity index is 1.92. The van der Waals surface area contributed by atoms with Gasteiger partial charge in [0, 0.05) is 16.3 Å². The lowest BCUT2D eigenvalue weighted by atomic mass is 10.3. The molecule has 128 valence electrons. The summed E-state index contributed by atoms with van der Waals surface area (Å²) < 4.78 is 4.64. The molecule has 1 amide bonds. The first-order valence-electron chi connectivity index (χ1n) is 7.15. The number of hydrogen-bond donors (Lipinski definition) is 1. The quantitative estimate of drug-likeness (QED) is 0.476. The van der Waals surface area contributed by atoms with Crippen LogP contribution in [0.15, 0.2) is 11.2 Å². The number of carbonyl (C=O) groups is 2. The van der Waals surface area contributed by atoms with Gasteiger partial charge in [0.05, 0.1) is 25.0 Å². The average molecular weight is 366 g/mol. The van der Waals surface area contributed by atoms with Crippen LogP contribution in [0, 0.1) is 20.8 Å². The van der Waals surface area contributed by atoms with E-state index in [1.807, 2.05) is 19.9 Å². The van der Waals surface area contributed by atoms with Gasteiger partial charge in [-0.15, -0.1) is 11.3 Å². The topological polar surface area (TPSA) is 94.1 Å². The maximum Gasteiger partial charge on any atom is 0.310 e. The van der Waals surface area contributed by atoms with Gasteiger partial charge in [0.15, 0.2) is 10.3 Å². The number of rotatable bonds is 6. The molecule has 2 aromatic heterocycles. The average Bonchev–Trinajstić information content (AvgIpc) is 2.83. The van der Waals surface area contributed by atoms with Crippen molar-refractivity contribution in [2.45, 2.75) is 32.3 Å². The molecule has 0 aliphatic heterocycles. The summed E-state index contributed by atoms with van der Waals surface area (Å²) in [6, 6.07) is 1.88. The molecule has 0 bridgehead atoms. The highest BCUT2D eigenvalue weighted by Gasteiger charge is 2.14. The molecule has 0 atom stereocenters. The first-order valence-corrected chi connectivity index (χ1v) is 8.95. The van der Waals surface area contributed by atoms with Gasteiger partial charge in [0.1, 0.15) is 0 Å². The second-order valence-electron chi connectivity index (χ2n) is 5.05. The van der Waals surface area contributed by atoms with Crippen LogP contribution in [0.4, 0.5) is 5.13 Å². The molecule has 0 fully saturated rings. The lowest BCUT2D eigenvalue weighted by Crippen LogP contribution is -2.14. The largest absolute Gasteiger partial charge is 0.469 e. The number of thioether (sulfide) groups is 1. The fourth-order valence-corrected chi connectivity index (χ4v) is 3.61. The van der Waals surface area contributed by atoms with Crippen LogP contribution in [0.2, 0.25) is 0 Å². The van der Waals surface area contributed by atoms with Crippen LogP contribution < -0.4 is 5.32 Å². The predicted molar refractivity (Wildman–Crippen MR) is 93.4 cm³/mol.